The van der Waals surface area contributed by atoms with Gasteiger partial charge in [-0.3, -0.25) is 4.79 Å². The number of carboxylic acid groups (broad SMARTS) is 1. The number of hydrogen-bond donors (Lipinski definition) is 2. The molecule has 2 rings (SSSR count). The minimum absolute atomic E-state index is 0.0833. The number of halogens is 2. The summed E-state index contributed by atoms with van der Waals surface area (Å²) in [5.74, 6) is -3.20. The van der Waals surface area contributed by atoms with Crippen molar-refractivity contribution in [3.63, 3.8) is 0 Å². The van der Waals surface area contributed by atoms with Crippen molar-refractivity contribution in [1.29, 1.82) is 0 Å². The molecule has 2 amide bonds. The number of carboxylic acids is 1. The van der Waals surface area contributed by atoms with Crippen LogP contribution in [0, 0.1) is 11.6 Å². The molecule has 102 valence electrons. The molecule has 5 nitrogen and oxygen atoms in total. The molecule has 0 bridgehead atoms. The zero-order chi connectivity index (χ0) is 14.0. The minimum atomic E-state index is -1.12. The Kier molecular flexibility index (Phi) is 3.64. The van der Waals surface area contributed by atoms with E-state index in [1.807, 2.05) is 0 Å². The molecule has 1 aliphatic rings. The molecule has 0 heterocycles. The SMILES string of the molecule is O=C(O)CN(C(=O)Nc1ccc(F)c(F)c1)C1CC1. The molecule has 1 aromatic rings. The molecule has 1 fully saturated rings. The van der Waals surface area contributed by atoms with Crippen LogP contribution in [0.5, 0.6) is 0 Å². The van der Waals surface area contributed by atoms with Crippen molar-refractivity contribution in [2.45, 2.75) is 18.9 Å². The maximum Gasteiger partial charge on any atom is 0.323 e. The van der Waals surface area contributed by atoms with Gasteiger partial charge in [0.05, 0.1) is 0 Å². The maximum atomic E-state index is 13.0. The number of urea groups is 1. The predicted octanol–water partition coefficient (Wildman–Crippen LogP) is 2.05. The lowest BCUT2D eigenvalue weighted by Gasteiger charge is -2.20. The fourth-order valence-corrected chi connectivity index (χ4v) is 1.67. The minimum Gasteiger partial charge on any atom is -0.480 e. The first-order chi connectivity index (χ1) is 8.97. The third kappa shape index (κ3) is 3.40. The number of nitrogens with zero attached hydrogens (tertiary/aromatic N) is 1. The largest absolute Gasteiger partial charge is 0.480 e. The molecule has 7 heteroatoms. The van der Waals surface area contributed by atoms with Crippen LogP contribution >= 0.6 is 0 Å². The number of anilines is 1. The van der Waals surface area contributed by atoms with Gasteiger partial charge in [-0.2, -0.15) is 0 Å². The maximum absolute atomic E-state index is 13.0. The molecule has 2 N–H and O–H groups in total. The highest BCUT2D eigenvalue weighted by atomic mass is 19.2. The van der Waals surface area contributed by atoms with Crippen molar-refractivity contribution in [1.82, 2.24) is 4.90 Å². The molecular weight excluding hydrogens is 258 g/mol. The summed E-state index contributed by atoms with van der Waals surface area (Å²) in [5, 5.41) is 11.1. The first-order valence-corrected chi connectivity index (χ1v) is 5.72. The predicted molar refractivity (Wildman–Crippen MR) is 62.7 cm³/mol. The smallest absolute Gasteiger partial charge is 0.323 e. The van der Waals surface area contributed by atoms with Gasteiger partial charge in [-0.1, -0.05) is 0 Å². The Morgan fingerprint density at radius 3 is 2.53 bits per heavy atom. The normalized spacial score (nSPS) is 14.0. The fourth-order valence-electron chi connectivity index (χ4n) is 1.67. The van der Waals surface area contributed by atoms with E-state index in [2.05, 4.69) is 5.32 Å². The molecule has 0 aliphatic heterocycles. The average molecular weight is 270 g/mol. The number of amides is 2. The van der Waals surface area contributed by atoms with Crippen molar-refractivity contribution < 1.29 is 23.5 Å². The Balaban J connectivity index is 2.05. The molecular formula is C12H12F2N2O3. The first kappa shape index (κ1) is 13.3. The molecule has 0 aromatic heterocycles. The Labute approximate surface area is 107 Å². The van der Waals surface area contributed by atoms with E-state index in [4.69, 9.17) is 5.11 Å². The van der Waals surface area contributed by atoms with Crippen molar-refractivity contribution in [3.8, 4) is 0 Å². The van der Waals surface area contributed by atoms with E-state index in [-0.39, 0.29) is 11.7 Å². The summed E-state index contributed by atoms with van der Waals surface area (Å²) in [7, 11) is 0. The monoisotopic (exact) mass is 270 g/mol. The van der Waals surface area contributed by atoms with E-state index in [1.54, 1.807) is 0 Å². The number of nitrogens with one attached hydrogen (secondary N) is 1. The second-order valence-corrected chi connectivity index (χ2v) is 4.31. The van der Waals surface area contributed by atoms with E-state index < -0.39 is 30.2 Å². The highest BCUT2D eigenvalue weighted by Gasteiger charge is 2.33. The molecule has 1 aliphatic carbocycles. The van der Waals surface area contributed by atoms with Gasteiger partial charge < -0.3 is 15.3 Å². The van der Waals surface area contributed by atoms with Crippen LogP contribution in [-0.2, 0) is 4.79 Å². The Bertz CT molecular complexity index is 518. The zero-order valence-corrected chi connectivity index (χ0v) is 9.90. The van der Waals surface area contributed by atoms with E-state index in [0.717, 1.165) is 25.0 Å². The van der Waals surface area contributed by atoms with Crippen LogP contribution in [0.15, 0.2) is 18.2 Å². The summed E-state index contributed by atoms with van der Waals surface area (Å²) in [6.45, 7) is -0.416. The van der Waals surface area contributed by atoms with Crippen LogP contribution in [0.1, 0.15) is 12.8 Å². The van der Waals surface area contributed by atoms with Crippen LogP contribution in [0.25, 0.3) is 0 Å². The third-order valence-electron chi connectivity index (χ3n) is 2.72. The van der Waals surface area contributed by atoms with Crippen molar-refractivity contribution in [2.75, 3.05) is 11.9 Å². The number of hydrogen-bond acceptors (Lipinski definition) is 2. The van der Waals surface area contributed by atoms with Gasteiger partial charge in [-0.15, -0.1) is 0 Å². The number of carbonyl (C=O) groups excluding carboxylic acids is 1. The van der Waals surface area contributed by atoms with Gasteiger partial charge in [0.2, 0.25) is 0 Å². The van der Waals surface area contributed by atoms with E-state index in [9.17, 15) is 18.4 Å². The Morgan fingerprint density at radius 1 is 1.32 bits per heavy atom. The molecule has 0 saturated heterocycles. The summed E-state index contributed by atoms with van der Waals surface area (Å²) in [6.07, 6.45) is 1.50. The Hall–Kier alpha value is -2.18. The summed E-state index contributed by atoms with van der Waals surface area (Å²) in [5.41, 5.74) is 0.0833. The van der Waals surface area contributed by atoms with Crippen molar-refractivity contribution in [3.05, 3.63) is 29.8 Å². The van der Waals surface area contributed by atoms with E-state index >= 15 is 0 Å². The van der Waals surface area contributed by atoms with Gasteiger partial charge in [0.25, 0.3) is 0 Å². The lowest BCUT2D eigenvalue weighted by molar-refractivity contribution is -0.137. The summed E-state index contributed by atoms with van der Waals surface area (Å²) in [4.78, 5) is 23.7. The van der Waals surface area contributed by atoms with Crippen LogP contribution in [0.3, 0.4) is 0 Å². The highest BCUT2D eigenvalue weighted by Crippen LogP contribution is 2.27. The third-order valence-corrected chi connectivity index (χ3v) is 2.72. The van der Waals surface area contributed by atoms with E-state index in [1.165, 1.54) is 11.0 Å². The van der Waals surface area contributed by atoms with Crippen molar-refractivity contribution >= 4 is 17.7 Å². The fraction of sp³-hybridized carbons (Fsp3) is 0.333. The van der Waals surface area contributed by atoms with Gasteiger partial charge in [0.1, 0.15) is 6.54 Å². The van der Waals surface area contributed by atoms with Crippen LogP contribution < -0.4 is 5.32 Å². The number of benzene rings is 1. The second kappa shape index (κ2) is 5.21. The van der Waals surface area contributed by atoms with Crippen LogP contribution in [0.4, 0.5) is 19.3 Å². The second-order valence-electron chi connectivity index (χ2n) is 4.31. The number of rotatable bonds is 4. The van der Waals surface area contributed by atoms with Gasteiger partial charge in [-0.05, 0) is 25.0 Å². The van der Waals surface area contributed by atoms with Gasteiger partial charge in [-0.25, -0.2) is 13.6 Å². The molecule has 0 atom stereocenters. The first-order valence-electron chi connectivity index (χ1n) is 5.72. The summed E-state index contributed by atoms with van der Waals surface area (Å²) >= 11 is 0. The molecule has 0 spiro atoms. The van der Waals surface area contributed by atoms with Gasteiger partial charge in [0, 0.05) is 17.8 Å². The number of aliphatic carboxylic acids is 1. The molecule has 1 saturated carbocycles. The molecule has 0 unspecified atom stereocenters. The van der Waals surface area contributed by atoms with E-state index in [0.29, 0.717) is 0 Å². The lowest BCUT2D eigenvalue weighted by Crippen LogP contribution is -2.40. The van der Waals surface area contributed by atoms with Crippen LogP contribution in [0.2, 0.25) is 0 Å². The quantitative estimate of drug-likeness (QED) is 0.879. The molecule has 19 heavy (non-hydrogen) atoms. The Morgan fingerprint density at radius 2 is 2.00 bits per heavy atom. The highest BCUT2D eigenvalue weighted by molar-refractivity contribution is 5.91. The van der Waals surface area contributed by atoms with Gasteiger partial charge >= 0.3 is 12.0 Å². The summed E-state index contributed by atoms with van der Waals surface area (Å²) in [6, 6.07) is 2.22. The molecule has 0 radical (unpaired) electrons. The topological polar surface area (TPSA) is 69.6 Å². The summed E-state index contributed by atoms with van der Waals surface area (Å²) < 4.78 is 25.7. The van der Waals surface area contributed by atoms with Crippen molar-refractivity contribution in [2.24, 2.45) is 0 Å². The van der Waals surface area contributed by atoms with Gasteiger partial charge in [0.15, 0.2) is 11.6 Å². The zero-order valence-electron chi connectivity index (χ0n) is 9.90. The number of carbonyl (C=O) groups is 2. The lowest BCUT2D eigenvalue weighted by atomic mass is 10.3. The van der Waals surface area contributed by atoms with Crippen LogP contribution in [-0.4, -0.2) is 34.6 Å². The molecule has 1 aromatic carbocycles. The standard InChI is InChI=1S/C12H12F2N2O3/c13-9-4-1-7(5-10(9)14)15-12(19)16(6-11(17)18)8-2-3-8/h1,4-5,8H,2-3,6H2,(H,15,19)(H,17,18). The average Bonchev–Trinajstić information content (AvgIpc) is 3.14.